The number of carbonyl (C=O) groups excluding carboxylic acids is 3. The van der Waals surface area contributed by atoms with E-state index < -0.39 is 0 Å². The third-order valence-corrected chi connectivity index (χ3v) is 3.97. The van der Waals surface area contributed by atoms with Crippen LogP contribution in [-0.4, -0.2) is 61.9 Å². The lowest BCUT2D eigenvalue weighted by Crippen LogP contribution is -2.33. The summed E-state index contributed by atoms with van der Waals surface area (Å²) in [7, 11) is 5.33. The lowest BCUT2D eigenvalue weighted by atomic mass is 10.2. The van der Waals surface area contributed by atoms with Gasteiger partial charge in [0.25, 0.3) is 0 Å². The van der Waals surface area contributed by atoms with Gasteiger partial charge in [-0.2, -0.15) is 0 Å². The fourth-order valence-electron chi connectivity index (χ4n) is 2.50. The number of benzene rings is 1. The second kappa shape index (κ2) is 7.53. The third-order valence-electron chi connectivity index (χ3n) is 3.73. The van der Waals surface area contributed by atoms with Crippen LogP contribution in [0.1, 0.15) is 12.8 Å². The molecule has 0 unspecified atom stereocenters. The number of carbonyl (C=O) groups is 3. The monoisotopic (exact) mass is 352 g/mol. The minimum Gasteiger partial charge on any atom is -0.376 e. The number of amides is 4. The van der Waals surface area contributed by atoms with Crippen LogP contribution < -0.4 is 10.2 Å². The largest absolute Gasteiger partial charge is 0.376 e. The lowest BCUT2D eigenvalue weighted by Gasteiger charge is -2.18. The van der Waals surface area contributed by atoms with Crippen LogP contribution in [-0.2, 0) is 9.59 Å². The molecule has 130 valence electrons. The molecule has 1 aromatic carbocycles. The fourth-order valence-corrected chi connectivity index (χ4v) is 2.67. The van der Waals surface area contributed by atoms with Gasteiger partial charge in [-0.15, -0.1) is 0 Å². The van der Waals surface area contributed by atoms with E-state index in [0.717, 1.165) is 5.69 Å². The summed E-state index contributed by atoms with van der Waals surface area (Å²) in [6, 6.07) is 4.96. The maximum Gasteiger partial charge on any atom is 0.326 e. The van der Waals surface area contributed by atoms with E-state index in [-0.39, 0.29) is 37.4 Å². The molecule has 1 aromatic rings. The van der Waals surface area contributed by atoms with Gasteiger partial charge in [0.05, 0.1) is 11.4 Å². The van der Waals surface area contributed by atoms with Crippen LogP contribution in [0.3, 0.4) is 0 Å². The van der Waals surface area contributed by atoms with Gasteiger partial charge in [-0.1, -0.05) is 11.6 Å². The van der Waals surface area contributed by atoms with Crippen LogP contribution in [0.5, 0.6) is 0 Å². The Bertz CT molecular complexity index is 663. The van der Waals surface area contributed by atoms with Crippen molar-refractivity contribution in [1.82, 2.24) is 9.80 Å². The average molecular weight is 353 g/mol. The van der Waals surface area contributed by atoms with Crippen molar-refractivity contribution in [3.8, 4) is 0 Å². The van der Waals surface area contributed by atoms with Crippen molar-refractivity contribution < 1.29 is 14.4 Å². The molecule has 1 fully saturated rings. The maximum atomic E-state index is 12.1. The van der Waals surface area contributed by atoms with Gasteiger partial charge in [0.15, 0.2) is 0 Å². The van der Waals surface area contributed by atoms with Gasteiger partial charge in [0.2, 0.25) is 11.8 Å². The predicted molar refractivity (Wildman–Crippen MR) is 93.4 cm³/mol. The molecule has 8 heteroatoms. The molecule has 1 saturated heterocycles. The Morgan fingerprint density at radius 2 is 2.04 bits per heavy atom. The van der Waals surface area contributed by atoms with Crippen LogP contribution in [0.25, 0.3) is 0 Å². The highest BCUT2D eigenvalue weighted by Gasteiger charge is 2.32. The average Bonchev–Trinajstić information content (AvgIpc) is 2.73. The molecule has 0 bridgehead atoms. The first-order valence-electron chi connectivity index (χ1n) is 7.62. The summed E-state index contributed by atoms with van der Waals surface area (Å²) in [5.41, 5.74) is 1.48. The highest BCUT2D eigenvalue weighted by Crippen LogP contribution is 2.28. The Hall–Kier alpha value is -2.28. The molecule has 0 saturated carbocycles. The molecule has 0 aliphatic carbocycles. The molecule has 7 nitrogen and oxygen atoms in total. The number of rotatable bonds is 6. The molecule has 2 rings (SSSR count). The van der Waals surface area contributed by atoms with Gasteiger partial charge in [0.1, 0.15) is 6.54 Å². The number of halogens is 1. The zero-order valence-corrected chi connectivity index (χ0v) is 14.8. The first-order chi connectivity index (χ1) is 11.3. The molecule has 0 aromatic heterocycles. The number of hydrogen-bond donors (Lipinski definition) is 1. The number of imide groups is 1. The molecule has 1 aliphatic heterocycles. The summed E-state index contributed by atoms with van der Waals surface area (Å²) in [5, 5.41) is 3.36. The normalized spacial score (nSPS) is 14.3. The quantitative estimate of drug-likeness (QED) is 0.795. The Labute approximate surface area is 146 Å². The van der Waals surface area contributed by atoms with Gasteiger partial charge in [-0.3, -0.25) is 14.5 Å². The van der Waals surface area contributed by atoms with Crippen molar-refractivity contribution in [2.45, 2.75) is 12.8 Å². The SMILES string of the molecule is CN1CC(=O)N(CCCC(=O)Nc2cc(Cl)ccc2N(C)C)C1=O. The molecule has 1 aliphatic rings. The molecule has 0 atom stereocenters. The van der Waals surface area contributed by atoms with Crippen molar-refractivity contribution in [3.05, 3.63) is 23.2 Å². The van der Waals surface area contributed by atoms with Crippen molar-refractivity contribution in [2.75, 3.05) is 44.4 Å². The maximum absolute atomic E-state index is 12.1. The first kappa shape index (κ1) is 18.1. The summed E-state index contributed by atoms with van der Waals surface area (Å²) in [6.45, 7) is 0.339. The summed E-state index contributed by atoms with van der Waals surface area (Å²) in [6.07, 6.45) is 0.620. The summed E-state index contributed by atoms with van der Waals surface area (Å²) >= 11 is 5.99. The second-order valence-corrected chi connectivity index (χ2v) is 6.33. The van der Waals surface area contributed by atoms with Crippen LogP contribution in [0.4, 0.5) is 16.2 Å². The summed E-state index contributed by atoms with van der Waals surface area (Å²) in [4.78, 5) is 40.0. The van der Waals surface area contributed by atoms with Gasteiger partial charge in [0, 0.05) is 39.1 Å². The molecular formula is C16H21ClN4O3. The predicted octanol–water partition coefficient (Wildman–Crippen LogP) is 2.02. The van der Waals surface area contributed by atoms with E-state index in [1.807, 2.05) is 25.1 Å². The summed E-state index contributed by atoms with van der Waals surface area (Å²) in [5.74, 6) is -0.416. The lowest BCUT2D eigenvalue weighted by molar-refractivity contribution is -0.125. The highest BCUT2D eigenvalue weighted by atomic mass is 35.5. The molecule has 24 heavy (non-hydrogen) atoms. The zero-order valence-electron chi connectivity index (χ0n) is 14.0. The first-order valence-corrected chi connectivity index (χ1v) is 7.99. The van der Waals surface area contributed by atoms with Crippen molar-refractivity contribution in [2.24, 2.45) is 0 Å². The minimum absolute atomic E-state index is 0.0970. The van der Waals surface area contributed by atoms with Crippen molar-refractivity contribution in [3.63, 3.8) is 0 Å². The number of hydrogen-bond acceptors (Lipinski definition) is 4. The Morgan fingerprint density at radius 3 is 2.62 bits per heavy atom. The molecule has 0 radical (unpaired) electrons. The number of urea groups is 1. The van der Waals surface area contributed by atoms with Crippen LogP contribution in [0, 0.1) is 0 Å². The van der Waals surface area contributed by atoms with E-state index in [4.69, 9.17) is 11.6 Å². The fraction of sp³-hybridized carbons (Fsp3) is 0.438. The minimum atomic E-state index is -0.315. The number of likely N-dealkylation sites (N-methyl/N-ethyl adjacent to an activating group) is 1. The second-order valence-electron chi connectivity index (χ2n) is 5.89. The molecular weight excluding hydrogens is 332 g/mol. The Balaban J connectivity index is 1.89. The molecule has 0 spiro atoms. The standard InChI is InChI=1S/C16H21ClN4O3/c1-19(2)13-7-6-11(17)9-12(13)18-14(22)5-4-8-21-15(23)10-20(3)16(21)24/h6-7,9H,4-5,8,10H2,1-3H3,(H,18,22). The Kier molecular flexibility index (Phi) is 5.66. The van der Waals surface area contributed by atoms with E-state index in [1.54, 1.807) is 19.2 Å². The number of nitrogens with one attached hydrogen (secondary N) is 1. The highest BCUT2D eigenvalue weighted by molar-refractivity contribution is 6.31. The van der Waals surface area contributed by atoms with Gasteiger partial charge in [-0.25, -0.2) is 4.79 Å². The van der Waals surface area contributed by atoms with Crippen molar-refractivity contribution in [1.29, 1.82) is 0 Å². The van der Waals surface area contributed by atoms with Gasteiger partial charge in [-0.05, 0) is 24.6 Å². The van der Waals surface area contributed by atoms with E-state index >= 15 is 0 Å². The van der Waals surface area contributed by atoms with Crippen LogP contribution in [0.2, 0.25) is 5.02 Å². The number of nitrogens with zero attached hydrogens (tertiary/aromatic N) is 3. The van der Waals surface area contributed by atoms with E-state index in [9.17, 15) is 14.4 Å². The van der Waals surface area contributed by atoms with E-state index in [0.29, 0.717) is 17.1 Å². The molecule has 4 amide bonds. The topological polar surface area (TPSA) is 73.0 Å². The van der Waals surface area contributed by atoms with E-state index in [2.05, 4.69) is 5.32 Å². The number of anilines is 2. The third kappa shape index (κ3) is 4.17. The Morgan fingerprint density at radius 1 is 1.33 bits per heavy atom. The molecule has 1 heterocycles. The van der Waals surface area contributed by atoms with Crippen molar-refractivity contribution >= 4 is 40.8 Å². The van der Waals surface area contributed by atoms with Gasteiger partial charge < -0.3 is 15.1 Å². The zero-order chi connectivity index (χ0) is 17.9. The van der Waals surface area contributed by atoms with Crippen LogP contribution in [0.15, 0.2) is 18.2 Å². The summed E-state index contributed by atoms with van der Waals surface area (Å²) < 4.78 is 0. The van der Waals surface area contributed by atoms with Gasteiger partial charge >= 0.3 is 6.03 Å². The smallest absolute Gasteiger partial charge is 0.326 e. The molecule has 1 N–H and O–H groups in total. The van der Waals surface area contributed by atoms with Crippen LogP contribution >= 0.6 is 11.6 Å². The van der Waals surface area contributed by atoms with E-state index in [1.165, 1.54) is 9.80 Å².